The average molecular weight is 304 g/mol. The summed E-state index contributed by atoms with van der Waals surface area (Å²) in [6.45, 7) is 4.48. The van der Waals surface area contributed by atoms with E-state index in [0.717, 1.165) is 5.56 Å². The molecule has 0 unspecified atom stereocenters. The maximum atomic E-state index is 12.8. The van der Waals surface area contributed by atoms with E-state index in [4.69, 9.17) is 10.5 Å². The molecule has 0 aliphatic heterocycles. The molecule has 5 heteroatoms. The number of nitrogen functional groups attached to an aromatic ring is 1. The topological polar surface area (TPSA) is 55.6 Å². The highest BCUT2D eigenvalue weighted by atomic mass is 32.1. The Kier molecular flexibility index (Phi) is 4.85. The fraction of sp³-hybridized carbons (Fsp3) is 0.312. The lowest BCUT2D eigenvalue weighted by Crippen LogP contribution is -2.36. The van der Waals surface area contributed by atoms with Crippen LogP contribution in [0, 0.1) is 0 Å². The summed E-state index contributed by atoms with van der Waals surface area (Å²) in [6, 6.07) is 9.51. The van der Waals surface area contributed by atoms with Crippen LogP contribution in [0.3, 0.4) is 0 Å². The van der Waals surface area contributed by atoms with E-state index in [1.54, 1.807) is 12.0 Å². The standard InChI is InChI=1S/C16H20N2O2S/c1-11(2)18(10-12-6-4-5-7-13(12)17)16(19)15-14(20-3)8-9-21-15/h4-9,11H,10,17H2,1-3H3. The van der Waals surface area contributed by atoms with Crippen molar-refractivity contribution in [3.05, 3.63) is 46.2 Å². The lowest BCUT2D eigenvalue weighted by atomic mass is 10.1. The summed E-state index contributed by atoms with van der Waals surface area (Å²) in [5.74, 6) is 0.594. The Bertz CT molecular complexity index is 622. The van der Waals surface area contributed by atoms with Gasteiger partial charge in [-0.2, -0.15) is 0 Å². The second kappa shape index (κ2) is 6.63. The highest BCUT2D eigenvalue weighted by Crippen LogP contribution is 2.27. The number of carbonyl (C=O) groups excluding carboxylic acids is 1. The number of ether oxygens (including phenoxy) is 1. The molecule has 4 nitrogen and oxygen atoms in total. The fourth-order valence-corrected chi connectivity index (χ4v) is 2.91. The number of methoxy groups -OCH3 is 1. The van der Waals surface area contributed by atoms with Gasteiger partial charge in [0.2, 0.25) is 0 Å². The van der Waals surface area contributed by atoms with Gasteiger partial charge in [-0.3, -0.25) is 4.79 Å². The second-order valence-corrected chi connectivity index (χ2v) is 5.96. The van der Waals surface area contributed by atoms with Gasteiger partial charge in [0.15, 0.2) is 0 Å². The summed E-state index contributed by atoms with van der Waals surface area (Å²) in [4.78, 5) is 15.2. The third-order valence-corrected chi connectivity index (χ3v) is 4.21. The maximum absolute atomic E-state index is 12.8. The van der Waals surface area contributed by atoms with Crippen LogP contribution in [-0.2, 0) is 6.54 Å². The first-order chi connectivity index (χ1) is 10.0. The normalized spacial score (nSPS) is 10.7. The van der Waals surface area contributed by atoms with E-state index in [9.17, 15) is 4.79 Å². The first-order valence-electron chi connectivity index (χ1n) is 6.80. The number of rotatable bonds is 5. The maximum Gasteiger partial charge on any atom is 0.268 e. The lowest BCUT2D eigenvalue weighted by molar-refractivity contribution is 0.0693. The number of amides is 1. The van der Waals surface area contributed by atoms with Gasteiger partial charge < -0.3 is 15.4 Å². The molecule has 0 aliphatic carbocycles. The quantitative estimate of drug-likeness (QED) is 0.861. The van der Waals surface area contributed by atoms with Crippen LogP contribution in [0.2, 0.25) is 0 Å². The van der Waals surface area contributed by atoms with E-state index < -0.39 is 0 Å². The third kappa shape index (κ3) is 3.36. The number of hydrogen-bond donors (Lipinski definition) is 1. The Balaban J connectivity index is 2.27. The van der Waals surface area contributed by atoms with Gasteiger partial charge in [0.1, 0.15) is 10.6 Å². The number of para-hydroxylation sites is 1. The van der Waals surface area contributed by atoms with Crippen molar-refractivity contribution in [3.8, 4) is 5.75 Å². The zero-order valence-corrected chi connectivity index (χ0v) is 13.3. The van der Waals surface area contributed by atoms with Crippen molar-refractivity contribution < 1.29 is 9.53 Å². The van der Waals surface area contributed by atoms with E-state index in [1.165, 1.54) is 11.3 Å². The molecule has 1 aromatic heterocycles. The summed E-state index contributed by atoms with van der Waals surface area (Å²) < 4.78 is 5.25. The number of nitrogens with zero attached hydrogens (tertiary/aromatic N) is 1. The molecule has 2 rings (SSSR count). The molecule has 0 saturated carbocycles. The van der Waals surface area contributed by atoms with Crippen molar-refractivity contribution in [1.82, 2.24) is 4.90 Å². The van der Waals surface area contributed by atoms with Gasteiger partial charge in [-0.15, -0.1) is 11.3 Å². The second-order valence-electron chi connectivity index (χ2n) is 5.04. The molecular formula is C16H20N2O2S. The minimum absolute atomic E-state index is 0.0277. The predicted octanol–water partition coefficient (Wildman–Crippen LogP) is 3.39. The minimum Gasteiger partial charge on any atom is -0.495 e. The monoisotopic (exact) mass is 304 g/mol. The van der Waals surface area contributed by atoms with Crippen LogP contribution in [0.25, 0.3) is 0 Å². The van der Waals surface area contributed by atoms with Crippen LogP contribution in [0.15, 0.2) is 35.7 Å². The van der Waals surface area contributed by atoms with Gasteiger partial charge in [0.25, 0.3) is 5.91 Å². The van der Waals surface area contributed by atoms with Crippen molar-refractivity contribution in [2.75, 3.05) is 12.8 Å². The van der Waals surface area contributed by atoms with Gasteiger partial charge >= 0.3 is 0 Å². The summed E-state index contributed by atoms with van der Waals surface area (Å²) >= 11 is 1.40. The molecule has 21 heavy (non-hydrogen) atoms. The van der Waals surface area contributed by atoms with Gasteiger partial charge in [-0.1, -0.05) is 18.2 Å². The van der Waals surface area contributed by atoms with Crippen LogP contribution in [-0.4, -0.2) is 24.0 Å². The number of thiophene rings is 1. The molecule has 0 spiro atoms. The molecule has 0 aliphatic rings. The number of hydrogen-bond acceptors (Lipinski definition) is 4. The molecule has 2 aromatic rings. The van der Waals surface area contributed by atoms with E-state index >= 15 is 0 Å². The first kappa shape index (κ1) is 15.4. The van der Waals surface area contributed by atoms with Gasteiger partial charge in [0.05, 0.1) is 7.11 Å². The van der Waals surface area contributed by atoms with Crippen LogP contribution in [0.1, 0.15) is 29.1 Å². The molecule has 0 saturated heterocycles. The minimum atomic E-state index is -0.0277. The zero-order valence-electron chi connectivity index (χ0n) is 12.5. The van der Waals surface area contributed by atoms with Crippen LogP contribution >= 0.6 is 11.3 Å². The molecule has 112 valence electrons. The van der Waals surface area contributed by atoms with E-state index in [2.05, 4.69) is 0 Å². The summed E-state index contributed by atoms with van der Waals surface area (Å²) in [5.41, 5.74) is 7.64. The summed E-state index contributed by atoms with van der Waals surface area (Å²) in [6.07, 6.45) is 0. The smallest absolute Gasteiger partial charge is 0.268 e. The Hall–Kier alpha value is -2.01. The third-order valence-electron chi connectivity index (χ3n) is 3.32. The number of nitrogens with two attached hydrogens (primary N) is 1. The first-order valence-corrected chi connectivity index (χ1v) is 7.68. The average Bonchev–Trinajstić information content (AvgIpc) is 2.93. The highest BCUT2D eigenvalue weighted by molar-refractivity contribution is 7.12. The van der Waals surface area contributed by atoms with Crippen molar-refractivity contribution >= 4 is 22.9 Å². The number of carbonyl (C=O) groups is 1. The molecular weight excluding hydrogens is 284 g/mol. The Morgan fingerprint density at radius 3 is 2.67 bits per heavy atom. The molecule has 1 heterocycles. The van der Waals surface area contributed by atoms with Gasteiger partial charge in [-0.25, -0.2) is 0 Å². The van der Waals surface area contributed by atoms with Gasteiger partial charge in [0, 0.05) is 18.3 Å². The molecule has 0 bridgehead atoms. The van der Waals surface area contributed by atoms with Crippen molar-refractivity contribution in [2.45, 2.75) is 26.4 Å². The Morgan fingerprint density at radius 2 is 2.05 bits per heavy atom. The zero-order chi connectivity index (χ0) is 15.4. The molecule has 1 aromatic carbocycles. The SMILES string of the molecule is COc1ccsc1C(=O)N(Cc1ccccc1N)C(C)C. The fourth-order valence-electron chi connectivity index (χ4n) is 2.10. The molecule has 0 fully saturated rings. The summed E-state index contributed by atoms with van der Waals surface area (Å²) in [5, 5.41) is 1.86. The Morgan fingerprint density at radius 1 is 1.33 bits per heavy atom. The van der Waals surface area contributed by atoms with Crippen LogP contribution < -0.4 is 10.5 Å². The van der Waals surface area contributed by atoms with E-state index in [0.29, 0.717) is 22.9 Å². The largest absolute Gasteiger partial charge is 0.495 e. The molecule has 2 N–H and O–H groups in total. The van der Waals surface area contributed by atoms with Crippen molar-refractivity contribution in [1.29, 1.82) is 0 Å². The van der Waals surface area contributed by atoms with Crippen molar-refractivity contribution in [3.63, 3.8) is 0 Å². The lowest BCUT2D eigenvalue weighted by Gasteiger charge is -2.27. The van der Waals surface area contributed by atoms with E-state index in [-0.39, 0.29) is 11.9 Å². The van der Waals surface area contributed by atoms with Crippen molar-refractivity contribution in [2.24, 2.45) is 0 Å². The number of benzene rings is 1. The molecule has 0 radical (unpaired) electrons. The molecule has 0 atom stereocenters. The van der Waals surface area contributed by atoms with Gasteiger partial charge in [-0.05, 0) is 36.9 Å². The van der Waals surface area contributed by atoms with Crippen LogP contribution in [0.5, 0.6) is 5.75 Å². The molecule has 1 amide bonds. The summed E-state index contributed by atoms with van der Waals surface area (Å²) in [7, 11) is 1.58. The van der Waals surface area contributed by atoms with Crippen LogP contribution in [0.4, 0.5) is 5.69 Å². The number of anilines is 1. The Labute approximate surface area is 129 Å². The van der Waals surface area contributed by atoms with E-state index in [1.807, 2.05) is 49.6 Å². The predicted molar refractivity (Wildman–Crippen MR) is 86.7 cm³/mol. The highest BCUT2D eigenvalue weighted by Gasteiger charge is 2.23.